The van der Waals surface area contributed by atoms with Gasteiger partial charge < -0.3 is 11.1 Å². The number of nitrogens with one attached hydrogen (secondary N) is 1. The van der Waals surface area contributed by atoms with Crippen LogP contribution in [-0.4, -0.2) is 19.1 Å². The lowest BCUT2D eigenvalue weighted by molar-refractivity contribution is 0.677. The second-order valence-corrected chi connectivity index (χ2v) is 2.56. The molecule has 40 valence electrons. The maximum atomic E-state index is 5.63. The van der Waals surface area contributed by atoms with Crippen molar-refractivity contribution in [3.63, 3.8) is 0 Å². The predicted octanol–water partition coefficient (Wildman–Crippen LogP) is -0.837. The summed E-state index contributed by atoms with van der Waals surface area (Å²) in [7, 11) is 0. The Hall–Kier alpha value is -0.0800. The van der Waals surface area contributed by atoms with Crippen molar-refractivity contribution in [2.45, 2.75) is 6.04 Å². The van der Waals surface area contributed by atoms with Gasteiger partial charge in [0.1, 0.15) is 0 Å². The van der Waals surface area contributed by atoms with Crippen LogP contribution in [0.15, 0.2) is 0 Å². The highest BCUT2D eigenvalue weighted by Crippen LogP contribution is 2.39. The molecule has 3 N–H and O–H groups in total. The van der Waals surface area contributed by atoms with E-state index < -0.39 is 0 Å². The average molecular weight is 98.1 g/mol. The maximum absolute atomic E-state index is 5.63. The molecule has 2 rings (SSSR count). The Labute approximate surface area is 43.1 Å². The zero-order chi connectivity index (χ0) is 4.85. The van der Waals surface area contributed by atoms with Gasteiger partial charge in [-0.25, -0.2) is 0 Å². The van der Waals surface area contributed by atoms with Crippen LogP contribution in [0.25, 0.3) is 0 Å². The lowest BCUT2D eigenvalue weighted by atomic mass is 10.4. The minimum absolute atomic E-state index is 0.557. The molecule has 0 radical (unpaired) electrons. The molecule has 1 saturated heterocycles. The van der Waals surface area contributed by atoms with Gasteiger partial charge in [0.05, 0.1) is 0 Å². The fourth-order valence-electron chi connectivity index (χ4n) is 1.47. The van der Waals surface area contributed by atoms with Crippen molar-refractivity contribution < 1.29 is 0 Å². The van der Waals surface area contributed by atoms with Crippen LogP contribution < -0.4 is 11.1 Å². The van der Waals surface area contributed by atoms with Gasteiger partial charge in [-0.1, -0.05) is 0 Å². The smallest absolute Gasteiger partial charge is 0.0127 e. The molecule has 2 aliphatic rings. The van der Waals surface area contributed by atoms with Crippen LogP contribution >= 0.6 is 0 Å². The Morgan fingerprint density at radius 3 is 2.14 bits per heavy atom. The first-order valence-corrected chi connectivity index (χ1v) is 2.86. The molecule has 0 aromatic carbocycles. The lowest BCUT2D eigenvalue weighted by Crippen LogP contribution is -2.21. The van der Waals surface area contributed by atoms with Crippen molar-refractivity contribution in [3.8, 4) is 0 Å². The van der Waals surface area contributed by atoms with Gasteiger partial charge in [0.15, 0.2) is 0 Å². The molecule has 2 heteroatoms. The van der Waals surface area contributed by atoms with E-state index in [4.69, 9.17) is 5.73 Å². The Balaban J connectivity index is 2.06. The van der Waals surface area contributed by atoms with Gasteiger partial charge in [0.25, 0.3) is 0 Å². The second-order valence-electron chi connectivity index (χ2n) is 2.56. The summed E-state index contributed by atoms with van der Waals surface area (Å²) in [6.07, 6.45) is 0. The molecular weight excluding hydrogens is 88.1 g/mol. The highest BCUT2D eigenvalue weighted by Gasteiger charge is 2.50. The van der Waals surface area contributed by atoms with Gasteiger partial charge in [-0.3, -0.25) is 0 Å². The minimum Gasteiger partial charge on any atom is -0.327 e. The Kier molecular flexibility index (Phi) is 0.557. The van der Waals surface area contributed by atoms with Crippen LogP contribution in [-0.2, 0) is 0 Å². The third kappa shape index (κ3) is 0.359. The zero-order valence-corrected chi connectivity index (χ0v) is 4.22. The molecular formula is C5H10N2. The molecule has 1 aliphatic carbocycles. The molecule has 3 atom stereocenters. The Morgan fingerprint density at radius 1 is 1.29 bits per heavy atom. The molecule has 1 heterocycles. The quantitative estimate of drug-likeness (QED) is 0.414. The summed E-state index contributed by atoms with van der Waals surface area (Å²) in [6.45, 7) is 2.34. The molecule has 0 spiro atoms. The van der Waals surface area contributed by atoms with Crippen LogP contribution in [0.5, 0.6) is 0 Å². The summed E-state index contributed by atoms with van der Waals surface area (Å²) in [5.74, 6) is 1.69. The summed E-state index contributed by atoms with van der Waals surface area (Å²) < 4.78 is 0. The van der Waals surface area contributed by atoms with Crippen LogP contribution in [0.3, 0.4) is 0 Å². The molecule has 1 saturated carbocycles. The average Bonchev–Trinajstić information content (AvgIpc) is 2.26. The normalized spacial score (nSPS) is 57.0. The third-order valence-electron chi connectivity index (χ3n) is 2.16. The molecule has 1 aliphatic heterocycles. The van der Waals surface area contributed by atoms with E-state index in [0.29, 0.717) is 6.04 Å². The highest BCUT2D eigenvalue weighted by molar-refractivity contribution is 5.07. The Morgan fingerprint density at radius 2 is 1.86 bits per heavy atom. The molecule has 7 heavy (non-hydrogen) atoms. The third-order valence-corrected chi connectivity index (χ3v) is 2.16. The highest BCUT2D eigenvalue weighted by atomic mass is 15.0. The molecule has 2 unspecified atom stereocenters. The van der Waals surface area contributed by atoms with E-state index in [1.807, 2.05) is 0 Å². The molecule has 0 aromatic heterocycles. The number of hydrogen-bond acceptors (Lipinski definition) is 2. The van der Waals surface area contributed by atoms with Crippen LogP contribution in [0.4, 0.5) is 0 Å². The molecule has 2 nitrogen and oxygen atoms in total. The van der Waals surface area contributed by atoms with Gasteiger partial charge in [-0.15, -0.1) is 0 Å². The van der Waals surface area contributed by atoms with Crippen molar-refractivity contribution in [2.24, 2.45) is 17.6 Å². The topological polar surface area (TPSA) is 38.0 Å². The van der Waals surface area contributed by atoms with E-state index >= 15 is 0 Å². The van der Waals surface area contributed by atoms with Crippen LogP contribution in [0.2, 0.25) is 0 Å². The lowest BCUT2D eigenvalue weighted by Gasteiger charge is -1.94. The summed E-state index contributed by atoms with van der Waals surface area (Å²) in [5.41, 5.74) is 5.63. The van der Waals surface area contributed by atoms with Crippen LogP contribution in [0, 0.1) is 11.8 Å². The molecule has 0 aromatic rings. The summed E-state index contributed by atoms with van der Waals surface area (Å²) in [4.78, 5) is 0. The Bertz CT molecular complexity index is 82.1. The zero-order valence-electron chi connectivity index (χ0n) is 4.22. The van der Waals surface area contributed by atoms with E-state index in [1.165, 1.54) is 13.1 Å². The first kappa shape index (κ1) is 3.87. The standard InChI is InChI=1S/C5H10N2/c6-5-3-1-7-2-4(3)5/h3-5,7H,1-2,6H2/t3-,4?,5?/m1/s1. The largest absolute Gasteiger partial charge is 0.327 e. The van der Waals surface area contributed by atoms with E-state index in [1.54, 1.807) is 0 Å². The SMILES string of the molecule is NC1C2CNC[C@@H]12. The van der Waals surface area contributed by atoms with Gasteiger partial charge in [0, 0.05) is 6.04 Å². The number of rotatable bonds is 0. The summed E-state index contributed by atoms with van der Waals surface area (Å²) in [6, 6.07) is 0.557. The summed E-state index contributed by atoms with van der Waals surface area (Å²) >= 11 is 0. The minimum atomic E-state index is 0.557. The second kappa shape index (κ2) is 1.01. The van der Waals surface area contributed by atoms with E-state index in [2.05, 4.69) is 5.32 Å². The first-order valence-electron chi connectivity index (χ1n) is 2.86. The predicted molar refractivity (Wildman–Crippen MR) is 27.8 cm³/mol. The number of fused-ring (bicyclic) bond motifs is 1. The van der Waals surface area contributed by atoms with Gasteiger partial charge in [-0.05, 0) is 24.9 Å². The van der Waals surface area contributed by atoms with Crippen molar-refractivity contribution in [1.29, 1.82) is 0 Å². The van der Waals surface area contributed by atoms with Gasteiger partial charge >= 0.3 is 0 Å². The fraction of sp³-hybridized carbons (Fsp3) is 1.00. The van der Waals surface area contributed by atoms with Gasteiger partial charge in [0.2, 0.25) is 0 Å². The van der Waals surface area contributed by atoms with E-state index in [-0.39, 0.29) is 0 Å². The number of nitrogens with two attached hydrogens (primary N) is 1. The molecule has 0 amide bonds. The fourth-order valence-corrected chi connectivity index (χ4v) is 1.47. The number of piperidine rings is 1. The van der Waals surface area contributed by atoms with Gasteiger partial charge in [-0.2, -0.15) is 0 Å². The first-order chi connectivity index (χ1) is 3.39. The molecule has 0 bridgehead atoms. The summed E-state index contributed by atoms with van der Waals surface area (Å²) in [5, 5.41) is 3.27. The monoisotopic (exact) mass is 98.1 g/mol. The van der Waals surface area contributed by atoms with Crippen LogP contribution in [0.1, 0.15) is 0 Å². The van der Waals surface area contributed by atoms with Crippen molar-refractivity contribution in [2.75, 3.05) is 13.1 Å². The van der Waals surface area contributed by atoms with Crippen molar-refractivity contribution in [3.05, 3.63) is 0 Å². The molecule has 2 fully saturated rings. The number of hydrogen-bond donors (Lipinski definition) is 2. The van der Waals surface area contributed by atoms with E-state index in [0.717, 1.165) is 11.8 Å². The van der Waals surface area contributed by atoms with Crippen molar-refractivity contribution >= 4 is 0 Å². The maximum Gasteiger partial charge on any atom is 0.0127 e. The van der Waals surface area contributed by atoms with Crippen molar-refractivity contribution in [1.82, 2.24) is 5.32 Å². The van der Waals surface area contributed by atoms with E-state index in [9.17, 15) is 0 Å².